The van der Waals surface area contributed by atoms with Gasteiger partial charge in [0.05, 0.1) is 16.9 Å². The Morgan fingerprint density at radius 1 is 1.43 bits per heavy atom. The van der Waals surface area contributed by atoms with Crippen LogP contribution in [-0.4, -0.2) is 27.6 Å². The molecule has 1 aliphatic carbocycles. The Balaban J connectivity index is 1.68. The van der Waals surface area contributed by atoms with Crippen LogP contribution in [0.5, 0.6) is 0 Å². The minimum absolute atomic E-state index is 0.310. The zero-order valence-electron chi connectivity index (χ0n) is 13.5. The van der Waals surface area contributed by atoms with Crippen LogP contribution in [0.2, 0.25) is 4.34 Å². The standard InChI is InChI=1S/C16H24ClN5S/c1-22-14(10-19-21-22)13-8-15(23-16(13)17)20-12(9-18)7-11-5-3-2-4-6-11/h8,10-12,20H,2-7,9,18H2,1H3/t12-/m0/s1. The molecule has 1 fully saturated rings. The van der Waals surface area contributed by atoms with Gasteiger partial charge in [0.1, 0.15) is 4.34 Å². The average molecular weight is 354 g/mol. The monoisotopic (exact) mass is 353 g/mol. The molecular weight excluding hydrogens is 330 g/mol. The van der Waals surface area contributed by atoms with Gasteiger partial charge in [-0.2, -0.15) is 0 Å². The van der Waals surface area contributed by atoms with Gasteiger partial charge in [0.25, 0.3) is 0 Å². The van der Waals surface area contributed by atoms with Crippen LogP contribution in [0.1, 0.15) is 38.5 Å². The minimum Gasteiger partial charge on any atom is -0.373 e. The number of rotatable bonds is 6. The van der Waals surface area contributed by atoms with Gasteiger partial charge in [-0.1, -0.05) is 48.9 Å². The van der Waals surface area contributed by atoms with E-state index in [9.17, 15) is 0 Å². The summed E-state index contributed by atoms with van der Waals surface area (Å²) in [6.07, 6.45) is 9.69. The van der Waals surface area contributed by atoms with E-state index in [4.69, 9.17) is 17.3 Å². The first-order chi connectivity index (χ1) is 11.2. The van der Waals surface area contributed by atoms with Crippen molar-refractivity contribution in [3.63, 3.8) is 0 Å². The van der Waals surface area contributed by atoms with E-state index in [2.05, 4.69) is 21.7 Å². The van der Waals surface area contributed by atoms with Crippen molar-refractivity contribution in [2.45, 2.75) is 44.6 Å². The zero-order valence-corrected chi connectivity index (χ0v) is 15.0. The number of thiophene rings is 1. The maximum Gasteiger partial charge on any atom is 0.104 e. The molecule has 2 aromatic rings. The normalized spacial score (nSPS) is 17.3. The molecule has 1 saturated carbocycles. The molecule has 2 aromatic heterocycles. The van der Waals surface area contributed by atoms with Gasteiger partial charge >= 0.3 is 0 Å². The Labute approximate surface area is 146 Å². The highest BCUT2D eigenvalue weighted by atomic mass is 35.5. The van der Waals surface area contributed by atoms with Gasteiger partial charge in [-0.15, -0.1) is 16.4 Å². The summed E-state index contributed by atoms with van der Waals surface area (Å²) in [5, 5.41) is 12.5. The molecule has 5 nitrogen and oxygen atoms in total. The number of hydrogen-bond acceptors (Lipinski definition) is 5. The van der Waals surface area contributed by atoms with Crippen LogP contribution in [0.25, 0.3) is 11.3 Å². The maximum atomic E-state index is 6.41. The van der Waals surface area contributed by atoms with Gasteiger partial charge in [-0.05, 0) is 18.4 Å². The fourth-order valence-electron chi connectivity index (χ4n) is 3.39. The molecule has 0 aliphatic heterocycles. The molecule has 2 heterocycles. The van der Waals surface area contributed by atoms with Crippen LogP contribution >= 0.6 is 22.9 Å². The molecule has 0 unspecified atom stereocenters. The van der Waals surface area contributed by atoms with E-state index in [0.717, 1.165) is 32.9 Å². The first-order valence-corrected chi connectivity index (χ1v) is 9.47. The SMILES string of the molecule is Cn1nncc1-c1cc(N[C@H](CN)CC2CCCCC2)sc1Cl. The lowest BCUT2D eigenvalue weighted by Gasteiger charge is -2.26. The van der Waals surface area contributed by atoms with Crippen molar-refractivity contribution >= 4 is 27.9 Å². The number of anilines is 1. The fraction of sp³-hybridized carbons (Fsp3) is 0.625. The Kier molecular flexibility index (Phi) is 5.56. The molecule has 0 amide bonds. The molecule has 0 spiro atoms. The van der Waals surface area contributed by atoms with Crippen molar-refractivity contribution in [3.8, 4) is 11.3 Å². The summed E-state index contributed by atoms with van der Waals surface area (Å²) in [5.74, 6) is 0.806. The topological polar surface area (TPSA) is 68.8 Å². The van der Waals surface area contributed by atoms with E-state index in [1.54, 1.807) is 22.2 Å². The lowest BCUT2D eigenvalue weighted by atomic mass is 9.85. The third kappa shape index (κ3) is 4.05. The predicted octanol–water partition coefficient (Wildman–Crippen LogP) is 3.91. The summed E-state index contributed by atoms with van der Waals surface area (Å²) >= 11 is 7.96. The third-order valence-corrected chi connectivity index (χ3v) is 5.94. The number of aryl methyl sites for hydroxylation is 1. The molecule has 0 radical (unpaired) electrons. The van der Waals surface area contributed by atoms with Crippen molar-refractivity contribution in [2.75, 3.05) is 11.9 Å². The van der Waals surface area contributed by atoms with E-state index < -0.39 is 0 Å². The predicted molar refractivity (Wildman–Crippen MR) is 97.0 cm³/mol. The van der Waals surface area contributed by atoms with E-state index in [0.29, 0.717) is 12.6 Å². The van der Waals surface area contributed by atoms with Gasteiger partial charge in [0, 0.05) is 25.2 Å². The molecule has 23 heavy (non-hydrogen) atoms. The van der Waals surface area contributed by atoms with Crippen LogP contribution in [0.3, 0.4) is 0 Å². The molecule has 3 N–H and O–H groups in total. The van der Waals surface area contributed by atoms with Gasteiger partial charge < -0.3 is 11.1 Å². The Bertz CT molecular complexity index is 632. The van der Waals surface area contributed by atoms with Gasteiger partial charge in [0.2, 0.25) is 0 Å². The summed E-state index contributed by atoms with van der Waals surface area (Å²) in [5.41, 5.74) is 7.89. The van der Waals surface area contributed by atoms with E-state index in [-0.39, 0.29) is 0 Å². The average Bonchev–Trinajstić information content (AvgIpc) is 3.13. The molecule has 1 aliphatic rings. The second-order valence-corrected chi connectivity index (χ2v) is 8.01. The Hall–Kier alpha value is -1.11. The van der Waals surface area contributed by atoms with Crippen LogP contribution in [0, 0.1) is 5.92 Å². The maximum absolute atomic E-state index is 6.41. The number of nitrogens with zero attached hydrogens (tertiary/aromatic N) is 3. The van der Waals surface area contributed by atoms with Gasteiger partial charge in [-0.3, -0.25) is 0 Å². The number of aromatic nitrogens is 3. The zero-order chi connectivity index (χ0) is 16.2. The molecule has 0 aromatic carbocycles. The van der Waals surface area contributed by atoms with E-state index in [1.165, 1.54) is 32.1 Å². The van der Waals surface area contributed by atoms with Crippen LogP contribution < -0.4 is 11.1 Å². The lowest BCUT2D eigenvalue weighted by molar-refractivity contribution is 0.325. The third-order valence-electron chi connectivity index (χ3n) is 4.65. The van der Waals surface area contributed by atoms with E-state index in [1.807, 2.05) is 7.05 Å². The highest BCUT2D eigenvalue weighted by molar-refractivity contribution is 7.20. The van der Waals surface area contributed by atoms with Crippen molar-refractivity contribution in [1.82, 2.24) is 15.0 Å². The molecule has 1 atom stereocenters. The Morgan fingerprint density at radius 2 is 2.22 bits per heavy atom. The number of hydrogen-bond donors (Lipinski definition) is 2. The number of nitrogens with one attached hydrogen (secondary N) is 1. The fourth-order valence-corrected chi connectivity index (χ4v) is 4.66. The summed E-state index contributed by atoms with van der Waals surface area (Å²) < 4.78 is 2.49. The molecule has 126 valence electrons. The van der Waals surface area contributed by atoms with Gasteiger partial charge in [-0.25, -0.2) is 4.68 Å². The first kappa shape index (κ1) is 16.7. The quantitative estimate of drug-likeness (QED) is 0.826. The number of halogens is 1. The minimum atomic E-state index is 0.310. The van der Waals surface area contributed by atoms with Crippen LogP contribution in [0.4, 0.5) is 5.00 Å². The molecule has 0 saturated heterocycles. The summed E-state index contributed by atoms with van der Waals surface area (Å²) in [6, 6.07) is 2.39. The molecule has 0 bridgehead atoms. The Morgan fingerprint density at radius 3 is 2.87 bits per heavy atom. The molecular formula is C16H24ClN5S. The summed E-state index contributed by atoms with van der Waals surface area (Å²) in [4.78, 5) is 0. The van der Waals surface area contributed by atoms with Crippen molar-refractivity contribution in [3.05, 3.63) is 16.6 Å². The number of nitrogens with two attached hydrogens (primary N) is 1. The highest BCUT2D eigenvalue weighted by Crippen LogP contribution is 2.38. The highest BCUT2D eigenvalue weighted by Gasteiger charge is 2.20. The molecule has 3 rings (SSSR count). The largest absolute Gasteiger partial charge is 0.373 e. The second-order valence-electron chi connectivity index (χ2n) is 6.36. The van der Waals surface area contributed by atoms with Crippen molar-refractivity contribution in [2.24, 2.45) is 18.7 Å². The summed E-state index contributed by atoms with van der Waals surface area (Å²) in [7, 11) is 1.87. The van der Waals surface area contributed by atoms with Crippen molar-refractivity contribution < 1.29 is 0 Å². The van der Waals surface area contributed by atoms with Crippen LogP contribution in [0.15, 0.2) is 12.3 Å². The first-order valence-electron chi connectivity index (χ1n) is 8.28. The van der Waals surface area contributed by atoms with Crippen molar-refractivity contribution in [1.29, 1.82) is 0 Å². The smallest absolute Gasteiger partial charge is 0.104 e. The summed E-state index contributed by atoms with van der Waals surface area (Å²) in [6.45, 7) is 0.647. The lowest BCUT2D eigenvalue weighted by Crippen LogP contribution is -2.31. The second kappa shape index (κ2) is 7.64. The van der Waals surface area contributed by atoms with E-state index >= 15 is 0 Å². The van der Waals surface area contributed by atoms with Crippen LogP contribution in [-0.2, 0) is 7.05 Å². The van der Waals surface area contributed by atoms with Gasteiger partial charge in [0.15, 0.2) is 0 Å². The molecule has 7 heteroatoms.